The Kier molecular flexibility index (Phi) is 20.5. The van der Waals surface area contributed by atoms with Crippen LogP contribution in [-0.2, 0) is 50.7 Å². The minimum absolute atomic E-state index is 0.0236. The molecule has 19 atom stereocenters. The monoisotopic (exact) mass is 1200 g/mol. The molecule has 2 aromatic heterocycles. The van der Waals surface area contributed by atoms with E-state index in [1.54, 1.807) is 6.92 Å². The quantitative estimate of drug-likeness (QED) is 0.0502. The number of carbonyl (C=O) groups excluding carboxylic acids is 3. The highest BCUT2D eigenvalue weighted by atomic mass is 32.2. The van der Waals surface area contributed by atoms with E-state index in [-0.39, 0.29) is 76.3 Å². The zero-order valence-electron chi connectivity index (χ0n) is 45.3. The van der Waals surface area contributed by atoms with Crippen molar-refractivity contribution in [1.82, 2.24) is 30.2 Å². The van der Waals surface area contributed by atoms with Crippen LogP contribution in [0, 0.1) is 57.7 Å². The molecule has 0 spiro atoms. The first-order chi connectivity index (χ1) is 36.8. The molecule has 7 rings (SSSR count). The highest BCUT2D eigenvalue weighted by Crippen LogP contribution is 2.69. The van der Waals surface area contributed by atoms with Crippen molar-refractivity contribution < 1.29 is 95.8 Å². The number of phosphoric ester groups is 3. The number of aliphatic hydroxyl groups excluding tert-OH is 5. The molecule has 4 aliphatic carbocycles. The number of nitrogens with two attached hydrogens (primary N) is 1. The fourth-order valence-electron chi connectivity index (χ4n) is 13.6. The van der Waals surface area contributed by atoms with Gasteiger partial charge in [-0.3, -0.25) is 32.5 Å². The van der Waals surface area contributed by atoms with Gasteiger partial charge >= 0.3 is 23.5 Å². The number of rotatable bonds is 25. The maximum Gasteiger partial charge on any atom is 0.481 e. The van der Waals surface area contributed by atoms with Crippen LogP contribution in [0.3, 0.4) is 0 Å². The fourth-order valence-corrected chi connectivity index (χ4v) is 17.3. The van der Waals surface area contributed by atoms with Crippen molar-refractivity contribution in [2.24, 2.45) is 57.7 Å². The van der Waals surface area contributed by atoms with Gasteiger partial charge in [-0.05, 0) is 111 Å². The zero-order valence-corrected chi connectivity index (χ0v) is 48.8. The molecule has 2 aromatic rings. The van der Waals surface area contributed by atoms with E-state index in [4.69, 9.17) is 19.5 Å². The molecule has 4 saturated carbocycles. The number of fused-ring (bicyclic) bond motifs is 6. The number of ether oxygens (including phenoxy) is 1. The number of phosphoric acid groups is 3. The second kappa shape index (κ2) is 25.3. The van der Waals surface area contributed by atoms with E-state index in [1.165, 1.54) is 13.8 Å². The van der Waals surface area contributed by atoms with Crippen molar-refractivity contribution in [3.05, 3.63) is 12.7 Å². The molecule has 2 amide bonds. The summed E-state index contributed by atoms with van der Waals surface area (Å²) in [5.74, 6) is 0.407. The molecule has 0 aromatic carbocycles. The lowest BCUT2D eigenvalue weighted by molar-refractivity contribution is -0.174. The predicted octanol–water partition coefficient (Wildman–Crippen LogP) is 3.07. The van der Waals surface area contributed by atoms with E-state index in [2.05, 4.69) is 55.2 Å². The molecule has 5 fully saturated rings. The summed E-state index contributed by atoms with van der Waals surface area (Å²) < 4.78 is 62.8. The van der Waals surface area contributed by atoms with Crippen molar-refractivity contribution >= 4 is 69.1 Å². The van der Waals surface area contributed by atoms with Crippen molar-refractivity contribution in [1.29, 1.82) is 0 Å². The highest BCUT2D eigenvalue weighted by Gasteiger charge is 2.63. The molecule has 27 nitrogen and oxygen atoms in total. The number of amides is 2. The van der Waals surface area contributed by atoms with Gasteiger partial charge in [-0.15, -0.1) is 0 Å². The first kappa shape index (κ1) is 64.0. The Morgan fingerprint density at radius 1 is 0.911 bits per heavy atom. The predicted molar refractivity (Wildman–Crippen MR) is 283 cm³/mol. The number of carbonyl (C=O) groups is 3. The van der Waals surface area contributed by atoms with Crippen LogP contribution >= 0.6 is 35.2 Å². The molecule has 19 unspecified atom stereocenters. The molecule has 5 aliphatic rings. The summed E-state index contributed by atoms with van der Waals surface area (Å²) in [5, 5.41) is 59.7. The Bertz CT molecular complexity index is 2640. The second-order valence-electron chi connectivity index (χ2n) is 23.6. The maximum atomic E-state index is 13.1. The van der Waals surface area contributed by atoms with Gasteiger partial charge in [-0.2, -0.15) is 4.31 Å². The van der Waals surface area contributed by atoms with Crippen molar-refractivity contribution in [3.8, 4) is 0 Å². The number of nitrogens with one attached hydrogen (secondary N) is 2. The lowest BCUT2D eigenvalue weighted by atomic mass is 9.43. The summed E-state index contributed by atoms with van der Waals surface area (Å²) in [6, 6.07) is 0. The zero-order chi connectivity index (χ0) is 58.2. The van der Waals surface area contributed by atoms with E-state index >= 15 is 0 Å². The summed E-state index contributed by atoms with van der Waals surface area (Å²) in [7, 11) is -16.5. The average molecular weight is 1200 g/mol. The van der Waals surface area contributed by atoms with Gasteiger partial charge in [0.2, 0.25) is 11.8 Å². The van der Waals surface area contributed by atoms with Crippen LogP contribution < -0.4 is 16.4 Å². The average Bonchev–Trinajstić information content (AvgIpc) is 4.08. The summed E-state index contributed by atoms with van der Waals surface area (Å²) >= 11 is 1.00. The summed E-state index contributed by atoms with van der Waals surface area (Å²) in [6.45, 7) is 9.12. The number of hydrogen-bond acceptors (Lipinski definition) is 21. The van der Waals surface area contributed by atoms with Crippen molar-refractivity contribution in [2.45, 2.75) is 161 Å². The molecule has 0 radical (unpaired) electrons. The number of nitrogen functional groups attached to an aromatic ring is 1. The maximum absolute atomic E-state index is 13.1. The van der Waals surface area contributed by atoms with Crippen LogP contribution in [0.2, 0.25) is 0 Å². The van der Waals surface area contributed by atoms with Crippen LogP contribution in [0.1, 0.15) is 118 Å². The van der Waals surface area contributed by atoms with Crippen LogP contribution in [0.15, 0.2) is 12.7 Å². The molecule has 448 valence electrons. The van der Waals surface area contributed by atoms with E-state index in [9.17, 15) is 73.2 Å². The molecule has 79 heavy (non-hydrogen) atoms. The Morgan fingerprint density at radius 2 is 1.59 bits per heavy atom. The number of imidazole rings is 1. The molecule has 3 heterocycles. The lowest BCUT2D eigenvalue weighted by Gasteiger charge is -2.62. The van der Waals surface area contributed by atoms with Gasteiger partial charge in [0.05, 0.1) is 43.8 Å². The lowest BCUT2D eigenvalue weighted by Crippen LogP contribution is -2.58. The minimum atomic E-state index is -5.61. The molecule has 31 heteroatoms. The Morgan fingerprint density at radius 3 is 2.30 bits per heavy atom. The highest BCUT2D eigenvalue weighted by molar-refractivity contribution is 8.13. The topological polar surface area (TPSA) is 424 Å². The summed E-state index contributed by atoms with van der Waals surface area (Å²) in [4.78, 5) is 89.9. The normalized spacial score (nSPS) is 34.0. The van der Waals surface area contributed by atoms with E-state index in [0.717, 1.165) is 86.8 Å². The molecular formula is C48H80N7O20P3S. The van der Waals surface area contributed by atoms with Gasteiger partial charge in [0.25, 0.3) is 0 Å². The van der Waals surface area contributed by atoms with Crippen LogP contribution in [0.5, 0.6) is 0 Å². The number of aliphatic hydroxyl groups is 5. The standard InChI is InChI=1S/C48H80N7O20P3S/c1-25(29-8-9-30-36-31(12-15-48(29,30)6)47(5)14-11-28(56)19-27(47)20-33(36)58)7-10-32(57)26(2)45(63)79-18-17-50-35(59)13-16-51-43(62)40(61)46(3,4)22-72-78(69,70)75-77(67,68)71-21-34-39(74-76(64,65)66)38(60)44(73-34)55-24-54-37-41(49)52-23-53-42(37)55/h23-34,36,38-40,44,56-58,60-61H,7-22H2,1-6H3,(H,50,59)(H,51,62)(H,67,68)(H,69,70)(H2,49,52,53)(H2,64,65,66). The molecule has 0 bridgehead atoms. The number of aromatic nitrogens is 4. The number of anilines is 1. The summed E-state index contributed by atoms with van der Waals surface area (Å²) in [6.07, 6.45) is 0.531. The van der Waals surface area contributed by atoms with Gasteiger partial charge in [0.1, 0.15) is 36.3 Å². The molecular weight excluding hydrogens is 1120 g/mol. The number of hydrogen-bond donors (Lipinski definition) is 12. The van der Waals surface area contributed by atoms with Gasteiger partial charge < -0.3 is 66.2 Å². The van der Waals surface area contributed by atoms with Crippen molar-refractivity contribution in [3.63, 3.8) is 0 Å². The van der Waals surface area contributed by atoms with Crippen LogP contribution in [-0.4, -0.2) is 156 Å². The number of nitrogens with zero attached hydrogens (tertiary/aromatic N) is 4. The first-order valence-electron chi connectivity index (χ1n) is 26.9. The van der Waals surface area contributed by atoms with Gasteiger partial charge in [-0.1, -0.05) is 53.3 Å². The molecule has 1 saturated heterocycles. The third-order valence-electron chi connectivity index (χ3n) is 18.0. The van der Waals surface area contributed by atoms with Crippen molar-refractivity contribution in [2.75, 3.05) is 37.8 Å². The largest absolute Gasteiger partial charge is 0.481 e. The summed E-state index contributed by atoms with van der Waals surface area (Å²) in [5.41, 5.74) is 4.50. The van der Waals surface area contributed by atoms with E-state index in [0.29, 0.717) is 36.0 Å². The fraction of sp³-hybridized carbons (Fsp3) is 0.833. The molecule has 13 N–H and O–H groups in total. The van der Waals surface area contributed by atoms with E-state index in [1.807, 2.05) is 0 Å². The van der Waals surface area contributed by atoms with Crippen LogP contribution in [0.25, 0.3) is 11.2 Å². The first-order valence-corrected chi connectivity index (χ1v) is 32.4. The Hall–Kier alpha value is -2.56. The Balaban J connectivity index is 0.774. The minimum Gasteiger partial charge on any atom is -0.393 e. The Labute approximate surface area is 462 Å². The van der Waals surface area contributed by atoms with Gasteiger partial charge in [0.15, 0.2) is 22.8 Å². The van der Waals surface area contributed by atoms with Gasteiger partial charge in [-0.25, -0.2) is 28.6 Å². The number of thioether (sulfide) groups is 1. The SMILES string of the molecule is CC(CCC(O)C(C)C(=O)SCCNC(=O)CCNC(=O)C(O)C(C)(C)COP(=O)(O)OP(=O)(O)OCC1OC(n2cnc3c(N)ncnc32)C(O)C1OP(=O)(O)O)C1CCC2C3C(O)CC4CC(O)CCC4(C)C3CCC12C. The smallest absolute Gasteiger partial charge is 0.393 e. The van der Waals surface area contributed by atoms with Gasteiger partial charge in [0, 0.05) is 30.7 Å². The second-order valence-corrected chi connectivity index (χ2v) is 28.9. The third-order valence-corrected chi connectivity index (χ3v) is 22.2. The van der Waals surface area contributed by atoms with Crippen LogP contribution in [0.4, 0.5) is 5.82 Å². The third kappa shape index (κ3) is 14.9. The molecule has 1 aliphatic heterocycles. The van der Waals surface area contributed by atoms with E-state index < -0.39 is 96.6 Å².